The minimum absolute atomic E-state index is 0.340. The van der Waals surface area contributed by atoms with Crippen molar-refractivity contribution in [2.45, 2.75) is 6.42 Å². The summed E-state index contributed by atoms with van der Waals surface area (Å²) >= 11 is 18.0. The van der Waals surface area contributed by atoms with E-state index in [2.05, 4.69) is 4.98 Å². The normalized spacial score (nSPS) is 11.2. The van der Waals surface area contributed by atoms with Gasteiger partial charge in [0.05, 0.1) is 16.2 Å². The molecule has 2 nitrogen and oxygen atoms in total. The molecule has 0 N–H and O–H groups in total. The van der Waals surface area contributed by atoms with Crippen LogP contribution in [0.3, 0.4) is 0 Å². The molecule has 0 amide bonds. The SMILES string of the molecule is Fc1ccc(Cl)cc1-n1c(CCCl)nc2c(Cl)cccc21. The molecule has 1 heterocycles. The molecule has 0 aliphatic carbocycles. The van der Waals surface area contributed by atoms with Crippen molar-refractivity contribution in [3.8, 4) is 5.69 Å². The molecule has 0 bridgehead atoms. The lowest BCUT2D eigenvalue weighted by molar-refractivity contribution is 0.617. The van der Waals surface area contributed by atoms with Crippen molar-refractivity contribution in [1.82, 2.24) is 9.55 Å². The van der Waals surface area contributed by atoms with Crippen molar-refractivity contribution in [3.63, 3.8) is 0 Å². The Bertz CT molecular complexity index is 814. The number of hydrogen-bond donors (Lipinski definition) is 0. The molecule has 0 atom stereocenters. The molecule has 3 rings (SSSR count). The van der Waals surface area contributed by atoms with Crippen molar-refractivity contribution >= 4 is 45.8 Å². The van der Waals surface area contributed by atoms with E-state index in [4.69, 9.17) is 34.8 Å². The zero-order valence-electron chi connectivity index (χ0n) is 10.8. The molecule has 0 fully saturated rings. The van der Waals surface area contributed by atoms with Gasteiger partial charge in [-0.3, -0.25) is 4.57 Å². The summed E-state index contributed by atoms with van der Waals surface area (Å²) in [5, 5.41) is 0.969. The number of aromatic nitrogens is 2. The highest BCUT2D eigenvalue weighted by atomic mass is 35.5. The van der Waals surface area contributed by atoms with Crippen LogP contribution in [0.5, 0.6) is 0 Å². The average molecular weight is 344 g/mol. The van der Waals surface area contributed by atoms with E-state index >= 15 is 0 Å². The van der Waals surface area contributed by atoms with Gasteiger partial charge < -0.3 is 0 Å². The van der Waals surface area contributed by atoms with Gasteiger partial charge in [-0.1, -0.05) is 29.3 Å². The van der Waals surface area contributed by atoms with Crippen molar-refractivity contribution in [2.75, 3.05) is 5.88 Å². The molecule has 6 heteroatoms. The largest absolute Gasteiger partial charge is 0.293 e. The maximum atomic E-state index is 14.2. The summed E-state index contributed by atoms with van der Waals surface area (Å²) < 4.78 is 15.9. The highest BCUT2D eigenvalue weighted by Crippen LogP contribution is 2.29. The molecule has 1 aromatic heterocycles. The number of para-hydroxylation sites is 1. The van der Waals surface area contributed by atoms with E-state index in [1.54, 1.807) is 22.8 Å². The number of aryl methyl sites for hydroxylation is 1. The van der Waals surface area contributed by atoms with Crippen molar-refractivity contribution in [3.05, 3.63) is 58.1 Å². The van der Waals surface area contributed by atoms with Crippen LogP contribution in [0.4, 0.5) is 4.39 Å². The van der Waals surface area contributed by atoms with E-state index in [1.165, 1.54) is 12.1 Å². The molecule has 0 unspecified atom stereocenters. The summed E-state index contributed by atoms with van der Waals surface area (Å²) in [6.45, 7) is 0. The first kappa shape index (κ1) is 14.6. The van der Waals surface area contributed by atoms with E-state index in [1.807, 2.05) is 6.07 Å². The van der Waals surface area contributed by atoms with Gasteiger partial charge in [0.1, 0.15) is 17.2 Å². The highest BCUT2D eigenvalue weighted by Gasteiger charge is 2.16. The molecule has 3 aromatic rings. The Morgan fingerprint density at radius 3 is 2.71 bits per heavy atom. The smallest absolute Gasteiger partial charge is 0.147 e. The zero-order valence-corrected chi connectivity index (χ0v) is 13.1. The molecule has 0 saturated carbocycles. The van der Waals surface area contributed by atoms with Gasteiger partial charge in [-0.15, -0.1) is 11.6 Å². The lowest BCUT2D eigenvalue weighted by Crippen LogP contribution is -2.04. The Morgan fingerprint density at radius 1 is 1.14 bits per heavy atom. The van der Waals surface area contributed by atoms with Gasteiger partial charge in [-0.25, -0.2) is 9.37 Å². The predicted octanol–water partition coefficient (Wildman–Crippen LogP) is 5.25. The molecule has 21 heavy (non-hydrogen) atoms. The monoisotopic (exact) mass is 342 g/mol. The fourth-order valence-electron chi connectivity index (χ4n) is 2.29. The van der Waals surface area contributed by atoms with Crippen LogP contribution in [0.2, 0.25) is 10.0 Å². The fourth-order valence-corrected chi connectivity index (χ4v) is 2.84. The van der Waals surface area contributed by atoms with Crippen molar-refractivity contribution in [2.24, 2.45) is 0 Å². The molecule has 108 valence electrons. The first-order chi connectivity index (χ1) is 10.1. The number of halogens is 4. The van der Waals surface area contributed by atoms with Gasteiger partial charge in [0.15, 0.2) is 0 Å². The molecule has 0 spiro atoms. The van der Waals surface area contributed by atoms with Gasteiger partial charge in [-0.2, -0.15) is 0 Å². The zero-order chi connectivity index (χ0) is 15.0. The second-order valence-corrected chi connectivity index (χ2v) is 5.73. The topological polar surface area (TPSA) is 17.8 Å². The predicted molar refractivity (Wildman–Crippen MR) is 85.5 cm³/mol. The molecule has 0 aliphatic rings. The first-order valence-electron chi connectivity index (χ1n) is 6.29. The molecular weight excluding hydrogens is 334 g/mol. The van der Waals surface area contributed by atoms with Crippen LogP contribution >= 0.6 is 34.8 Å². The fraction of sp³-hybridized carbons (Fsp3) is 0.133. The van der Waals surface area contributed by atoms with Crippen LogP contribution in [0.1, 0.15) is 5.82 Å². The van der Waals surface area contributed by atoms with Gasteiger partial charge in [-0.05, 0) is 30.3 Å². The lowest BCUT2D eigenvalue weighted by Gasteiger charge is -2.10. The third-order valence-corrected chi connectivity index (χ3v) is 3.90. The lowest BCUT2D eigenvalue weighted by atomic mass is 10.2. The van der Waals surface area contributed by atoms with E-state index in [-0.39, 0.29) is 5.82 Å². The quantitative estimate of drug-likeness (QED) is 0.594. The van der Waals surface area contributed by atoms with E-state index in [9.17, 15) is 4.39 Å². The molecule has 2 aromatic carbocycles. The molecular formula is C15H10Cl3FN2. The van der Waals surface area contributed by atoms with Gasteiger partial charge in [0, 0.05) is 17.3 Å². The Labute approximate surface area is 136 Å². The third kappa shape index (κ3) is 2.61. The summed E-state index contributed by atoms with van der Waals surface area (Å²) in [5.41, 5.74) is 1.69. The number of fused-ring (bicyclic) bond motifs is 1. The van der Waals surface area contributed by atoms with Crippen molar-refractivity contribution in [1.29, 1.82) is 0 Å². The van der Waals surface area contributed by atoms with Crippen LogP contribution in [0, 0.1) is 5.82 Å². The first-order valence-corrected chi connectivity index (χ1v) is 7.58. The number of nitrogens with zero attached hydrogens (tertiary/aromatic N) is 2. The molecule has 0 radical (unpaired) electrons. The van der Waals surface area contributed by atoms with E-state index < -0.39 is 0 Å². The third-order valence-electron chi connectivity index (χ3n) is 3.17. The maximum absolute atomic E-state index is 14.2. The van der Waals surface area contributed by atoms with Gasteiger partial charge in [0.25, 0.3) is 0 Å². The Kier molecular flexibility index (Phi) is 4.07. The summed E-state index contributed by atoms with van der Waals surface area (Å²) in [6.07, 6.45) is 0.499. The minimum atomic E-state index is -0.380. The maximum Gasteiger partial charge on any atom is 0.147 e. The van der Waals surface area contributed by atoms with Gasteiger partial charge >= 0.3 is 0 Å². The number of imidazole rings is 1. The number of benzene rings is 2. The second kappa shape index (κ2) is 5.84. The minimum Gasteiger partial charge on any atom is -0.293 e. The second-order valence-electron chi connectivity index (χ2n) is 4.51. The average Bonchev–Trinajstić information content (AvgIpc) is 2.82. The van der Waals surface area contributed by atoms with Crippen LogP contribution in [-0.2, 0) is 6.42 Å². The number of alkyl halides is 1. The summed E-state index contributed by atoms with van der Waals surface area (Å²) in [7, 11) is 0. The van der Waals surface area contributed by atoms with Crippen molar-refractivity contribution < 1.29 is 4.39 Å². The summed E-state index contributed by atoms with van der Waals surface area (Å²) in [4.78, 5) is 4.49. The number of hydrogen-bond acceptors (Lipinski definition) is 1. The summed E-state index contributed by atoms with van der Waals surface area (Å²) in [6, 6.07) is 9.80. The standard InChI is InChI=1S/C15H10Cl3FN2/c16-7-6-14-20-15-10(18)2-1-3-12(15)21(14)13-8-9(17)4-5-11(13)19/h1-5,8H,6-7H2. The molecule has 0 aliphatic heterocycles. The van der Waals surface area contributed by atoms with Crippen LogP contribution in [-0.4, -0.2) is 15.4 Å². The van der Waals surface area contributed by atoms with E-state index in [0.29, 0.717) is 39.4 Å². The number of rotatable bonds is 3. The Hall–Kier alpha value is -1.29. The van der Waals surface area contributed by atoms with Crippen LogP contribution < -0.4 is 0 Å². The van der Waals surface area contributed by atoms with Crippen LogP contribution in [0.25, 0.3) is 16.7 Å². The molecule has 0 saturated heterocycles. The Morgan fingerprint density at radius 2 is 1.95 bits per heavy atom. The van der Waals surface area contributed by atoms with E-state index in [0.717, 1.165) is 5.52 Å². The summed E-state index contributed by atoms with van der Waals surface area (Å²) in [5.74, 6) is 0.645. The Balaban J connectivity index is 2.36. The van der Waals surface area contributed by atoms with Crippen LogP contribution in [0.15, 0.2) is 36.4 Å². The van der Waals surface area contributed by atoms with Gasteiger partial charge in [0.2, 0.25) is 0 Å². The highest BCUT2D eigenvalue weighted by molar-refractivity contribution is 6.35.